The van der Waals surface area contributed by atoms with E-state index in [4.69, 9.17) is 28.3 Å². The molecule has 0 bridgehead atoms. The van der Waals surface area contributed by atoms with Crippen molar-refractivity contribution in [2.75, 3.05) is 6.54 Å². The van der Waals surface area contributed by atoms with E-state index < -0.39 is 48.2 Å². The first-order chi connectivity index (χ1) is 16.0. The van der Waals surface area contributed by atoms with Crippen molar-refractivity contribution < 1.29 is 34.2 Å². The lowest BCUT2D eigenvalue weighted by atomic mass is 9.96. The zero-order valence-corrected chi connectivity index (χ0v) is 20.2. The van der Waals surface area contributed by atoms with Crippen molar-refractivity contribution >= 4 is 53.2 Å². The lowest BCUT2D eigenvalue weighted by Gasteiger charge is -2.31. The first-order valence-corrected chi connectivity index (χ1v) is 11.5. The number of aldehydes is 1. The van der Waals surface area contributed by atoms with Gasteiger partial charge < -0.3 is 30.5 Å². The van der Waals surface area contributed by atoms with Gasteiger partial charge in [-0.05, 0) is 30.9 Å². The lowest BCUT2D eigenvalue weighted by molar-refractivity contribution is -0.142. The number of amides is 3. The van der Waals surface area contributed by atoms with Crippen molar-refractivity contribution in [3.8, 4) is 5.75 Å². The molecular formula is C22H27Cl2N3O7. The normalized spacial score (nSPS) is 18.0. The minimum absolute atomic E-state index is 0.0483. The molecule has 12 heteroatoms. The first kappa shape index (κ1) is 27.4. The number of carbonyl (C=O) groups excluding carboxylic acids is 4. The number of nitrogens with zero attached hydrogens (tertiary/aromatic N) is 1. The Morgan fingerprint density at radius 2 is 1.82 bits per heavy atom. The highest BCUT2D eigenvalue weighted by Gasteiger charge is 2.39. The minimum Gasteiger partial charge on any atom is -0.505 e. The van der Waals surface area contributed by atoms with Gasteiger partial charge in [-0.25, -0.2) is 0 Å². The Morgan fingerprint density at radius 3 is 2.35 bits per heavy atom. The lowest BCUT2D eigenvalue weighted by Crippen LogP contribution is -2.56. The first-order valence-electron chi connectivity index (χ1n) is 10.8. The van der Waals surface area contributed by atoms with Crippen LogP contribution < -0.4 is 10.6 Å². The maximum atomic E-state index is 13.4. The van der Waals surface area contributed by atoms with Crippen molar-refractivity contribution in [1.29, 1.82) is 0 Å². The average molecular weight is 516 g/mol. The van der Waals surface area contributed by atoms with Crippen LogP contribution in [-0.4, -0.2) is 69.8 Å². The van der Waals surface area contributed by atoms with E-state index in [-0.39, 0.29) is 33.8 Å². The molecule has 3 amide bonds. The molecule has 2 rings (SSSR count). The summed E-state index contributed by atoms with van der Waals surface area (Å²) in [6.45, 7) is 3.89. The Labute approximate surface area is 206 Å². The van der Waals surface area contributed by atoms with Gasteiger partial charge in [0.05, 0.1) is 22.5 Å². The summed E-state index contributed by atoms with van der Waals surface area (Å²) < 4.78 is 0. The SMILES string of the molecule is CCC(C)C(NC(=O)c1cc(Cl)c(O)c(Cl)c1)C(=O)N1CCCC1C(=O)NC(C=O)CC(=O)O. The second-order valence-electron chi connectivity index (χ2n) is 8.16. The fraction of sp³-hybridized carbons (Fsp3) is 0.500. The molecule has 1 aliphatic rings. The molecule has 0 aliphatic carbocycles. The van der Waals surface area contributed by atoms with Gasteiger partial charge in [-0.3, -0.25) is 19.2 Å². The third-order valence-corrected chi connectivity index (χ3v) is 6.35. The van der Waals surface area contributed by atoms with Gasteiger partial charge in [-0.2, -0.15) is 0 Å². The Hall–Kier alpha value is -2.85. The van der Waals surface area contributed by atoms with Crippen LogP contribution in [0.4, 0.5) is 0 Å². The van der Waals surface area contributed by atoms with Crippen molar-refractivity contribution in [2.24, 2.45) is 5.92 Å². The number of halogens is 2. The summed E-state index contributed by atoms with van der Waals surface area (Å²) >= 11 is 11.8. The topological polar surface area (TPSA) is 153 Å². The molecular weight excluding hydrogens is 489 g/mol. The standard InChI is InChI=1S/C22H27Cl2N3O7/c1-3-11(2)18(26-20(32)12-7-14(23)19(31)15(24)8-12)22(34)27-6-4-5-16(27)21(33)25-13(10-28)9-17(29)30/h7-8,10-11,13,16,18,31H,3-6,9H2,1-2H3,(H,25,33)(H,26,32)(H,29,30). The summed E-state index contributed by atoms with van der Waals surface area (Å²) in [4.78, 5) is 62.4. The molecule has 4 unspecified atom stereocenters. The van der Waals surface area contributed by atoms with Crippen molar-refractivity contribution in [3.63, 3.8) is 0 Å². The number of hydrogen-bond donors (Lipinski definition) is 4. The molecule has 1 aromatic rings. The zero-order chi connectivity index (χ0) is 25.6. The molecule has 0 aromatic heterocycles. The maximum absolute atomic E-state index is 13.4. The molecule has 10 nitrogen and oxygen atoms in total. The maximum Gasteiger partial charge on any atom is 0.305 e. The summed E-state index contributed by atoms with van der Waals surface area (Å²) in [6, 6.07) is -0.631. The second kappa shape index (κ2) is 12.0. The minimum atomic E-state index is -1.24. The largest absolute Gasteiger partial charge is 0.505 e. The van der Waals surface area contributed by atoms with Gasteiger partial charge in [0.15, 0.2) is 5.75 Å². The monoisotopic (exact) mass is 515 g/mol. The van der Waals surface area contributed by atoms with Crippen molar-refractivity contribution in [1.82, 2.24) is 15.5 Å². The van der Waals surface area contributed by atoms with Gasteiger partial charge in [0.2, 0.25) is 11.8 Å². The molecule has 1 heterocycles. The van der Waals surface area contributed by atoms with E-state index in [1.54, 1.807) is 6.92 Å². The molecule has 1 saturated heterocycles. The van der Waals surface area contributed by atoms with Gasteiger partial charge in [0.25, 0.3) is 5.91 Å². The highest BCUT2D eigenvalue weighted by Crippen LogP contribution is 2.32. The number of aromatic hydroxyl groups is 1. The van der Waals surface area contributed by atoms with E-state index in [2.05, 4.69) is 10.6 Å². The number of hydrogen-bond acceptors (Lipinski definition) is 6. The third-order valence-electron chi connectivity index (χ3n) is 5.77. The van der Waals surface area contributed by atoms with Crippen LogP contribution in [0.2, 0.25) is 10.0 Å². The number of carbonyl (C=O) groups is 5. The number of carboxylic acids is 1. The number of rotatable bonds is 10. The van der Waals surface area contributed by atoms with Gasteiger partial charge in [0.1, 0.15) is 18.4 Å². The Balaban J connectivity index is 2.21. The van der Waals surface area contributed by atoms with Crippen LogP contribution >= 0.6 is 23.2 Å². The van der Waals surface area contributed by atoms with Gasteiger partial charge >= 0.3 is 5.97 Å². The summed E-state index contributed by atoms with van der Waals surface area (Å²) in [5.74, 6) is -3.64. The summed E-state index contributed by atoms with van der Waals surface area (Å²) in [7, 11) is 0. The molecule has 0 saturated carbocycles. The van der Waals surface area contributed by atoms with Crippen LogP contribution in [-0.2, 0) is 19.2 Å². The van der Waals surface area contributed by atoms with E-state index in [1.807, 2.05) is 6.92 Å². The Morgan fingerprint density at radius 1 is 1.21 bits per heavy atom. The van der Waals surface area contributed by atoms with Crippen LogP contribution in [0.5, 0.6) is 5.75 Å². The molecule has 4 atom stereocenters. The van der Waals surface area contributed by atoms with Crippen LogP contribution in [0.3, 0.4) is 0 Å². The van der Waals surface area contributed by atoms with Gasteiger partial charge in [-0.15, -0.1) is 0 Å². The molecule has 1 aromatic carbocycles. The summed E-state index contributed by atoms with van der Waals surface area (Å²) in [6.07, 6.45) is 1.17. The summed E-state index contributed by atoms with van der Waals surface area (Å²) in [5, 5.41) is 23.4. The van der Waals surface area contributed by atoms with Gasteiger partial charge in [0, 0.05) is 12.1 Å². The average Bonchev–Trinajstić information content (AvgIpc) is 3.28. The molecule has 1 aliphatic heterocycles. The zero-order valence-electron chi connectivity index (χ0n) is 18.7. The van der Waals surface area contributed by atoms with Crippen molar-refractivity contribution in [3.05, 3.63) is 27.7 Å². The molecule has 4 N–H and O–H groups in total. The molecule has 1 fully saturated rings. The summed E-state index contributed by atoms with van der Waals surface area (Å²) in [5.41, 5.74) is 0.0483. The predicted molar refractivity (Wildman–Crippen MR) is 124 cm³/mol. The molecule has 0 radical (unpaired) electrons. The fourth-order valence-corrected chi connectivity index (χ4v) is 4.17. The number of nitrogens with one attached hydrogen (secondary N) is 2. The second-order valence-corrected chi connectivity index (χ2v) is 8.98. The number of phenolic OH excluding ortho intramolecular Hbond substituents is 1. The van der Waals surface area contributed by atoms with Crippen LogP contribution in [0.15, 0.2) is 12.1 Å². The highest BCUT2D eigenvalue weighted by atomic mass is 35.5. The van der Waals surface area contributed by atoms with E-state index in [0.717, 1.165) is 0 Å². The number of likely N-dealkylation sites (tertiary alicyclic amines) is 1. The number of carboxylic acid groups (broad SMARTS) is 1. The van der Waals surface area contributed by atoms with Crippen LogP contribution in [0.1, 0.15) is 49.9 Å². The Bertz CT molecular complexity index is 949. The predicted octanol–water partition coefficient (Wildman–Crippen LogP) is 1.99. The third kappa shape index (κ3) is 6.60. The smallest absolute Gasteiger partial charge is 0.305 e. The van der Waals surface area contributed by atoms with Gasteiger partial charge in [-0.1, -0.05) is 43.5 Å². The molecule has 34 heavy (non-hydrogen) atoms. The van der Waals surface area contributed by atoms with E-state index >= 15 is 0 Å². The van der Waals surface area contributed by atoms with E-state index in [0.29, 0.717) is 25.5 Å². The fourth-order valence-electron chi connectivity index (χ4n) is 3.69. The van der Waals surface area contributed by atoms with Crippen LogP contribution in [0, 0.1) is 5.92 Å². The van der Waals surface area contributed by atoms with Crippen molar-refractivity contribution in [2.45, 2.75) is 57.7 Å². The molecule has 186 valence electrons. The number of benzene rings is 1. The molecule has 0 spiro atoms. The van der Waals surface area contributed by atoms with Crippen LogP contribution in [0.25, 0.3) is 0 Å². The number of aliphatic carboxylic acids is 1. The van der Waals surface area contributed by atoms with E-state index in [9.17, 15) is 29.1 Å². The quantitative estimate of drug-likeness (QED) is 0.347. The number of phenols is 1. The Kier molecular flexibility index (Phi) is 9.69. The van der Waals surface area contributed by atoms with E-state index in [1.165, 1.54) is 17.0 Å². The highest BCUT2D eigenvalue weighted by molar-refractivity contribution is 6.37.